The highest BCUT2D eigenvalue weighted by molar-refractivity contribution is 6.01. The quantitative estimate of drug-likeness (QED) is 0.707. The largest absolute Gasteiger partial charge is 0.493 e. The number of amides is 2. The van der Waals surface area contributed by atoms with Gasteiger partial charge in [0.2, 0.25) is 17.6 Å². The third-order valence-corrected chi connectivity index (χ3v) is 5.01. The molecule has 2 fully saturated rings. The Hall–Kier alpha value is -2.97. The molecular formula is C19H24N2O7. The van der Waals surface area contributed by atoms with E-state index in [-0.39, 0.29) is 37.4 Å². The number of methoxy groups -OCH3 is 3. The van der Waals surface area contributed by atoms with E-state index in [0.29, 0.717) is 22.9 Å². The second-order valence-electron chi connectivity index (χ2n) is 6.88. The van der Waals surface area contributed by atoms with Crippen LogP contribution in [0.25, 0.3) is 0 Å². The van der Waals surface area contributed by atoms with Crippen molar-refractivity contribution in [2.24, 2.45) is 5.92 Å². The van der Waals surface area contributed by atoms with Gasteiger partial charge in [-0.2, -0.15) is 0 Å². The normalized spacial score (nSPS) is 18.8. The van der Waals surface area contributed by atoms with E-state index in [2.05, 4.69) is 0 Å². The molecule has 9 heteroatoms. The third kappa shape index (κ3) is 3.83. The van der Waals surface area contributed by atoms with Gasteiger partial charge < -0.3 is 29.1 Å². The molecule has 0 bridgehead atoms. The van der Waals surface area contributed by atoms with Crippen LogP contribution in [0.2, 0.25) is 0 Å². The number of rotatable bonds is 8. The molecule has 0 radical (unpaired) electrons. The third-order valence-electron chi connectivity index (χ3n) is 5.01. The molecule has 0 aromatic heterocycles. The van der Waals surface area contributed by atoms with E-state index in [1.165, 1.54) is 31.1 Å². The van der Waals surface area contributed by atoms with Crippen molar-refractivity contribution in [3.05, 3.63) is 12.1 Å². The molecule has 1 saturated heterocycles. The summed E-state index contributed by atoms with van der Waals surface area (Å²) in [7, 11) is 4.46. The summed E-state index contributed by atoms with van der Waals surface area (Å²) in [5, 5.41) is 9.09. The molecule has 1 N–H and O–H groups in total. The van der Waals surface area contributed by atoms with Crippen molar-refractivity contribution in [3.63, 3.8) is 0 Å². The highest BCUT2D eigenvalue weighted by Crippen LogP contribution is 2.42. The average Bonchev–Trinajstić information content (AvgIpc) is 3.45. The lowest BCUT2D eigenvalue weighted by Gasteiger charge is -2.24. The van der Waals surface area contributed by atoms with Crippen molar-refractivity contribution >= 4 is 23.5 Å². The van der Waals surface area contributed by atoms with E-state index >= 15 is 0 Å². The van der Waals surface area contributed by atoms with Gasteiger partial charge in [0, 0.05) is 31.1 Å². The molecule has 1 saturated carbocycles. The lowest BCUT2D eigenvalue weighted by Crippen LogP contribution is -2.42. The first-order chi connectivity index (χ1) is 13.4. The molecule has 1 aliphatic heterocycles. The molecule has 1 aromatic rings. The fourth-order valence-electron chi connectivity index (χ4n) is 3.50. The molecule has 1 unspecified atom stereocenters. The Morgan fingerprint density at radius 2 is 1.75 bits per heavy atom. The van der Waals surface area contributed by atoms with Gasteiger partial charge in [-0.15, -0.1) is 0 Å². The van der Waals surface area contributed by atoms with Gasteiger partial charge in [-0.05, 0) is 12.8 Å². The van der Waals surface area contributed by atoms with Crippen molar-refractivity contribution in [3.8, 4) is 17.2 Å². The second kappa shape index (κ2) is 7.95. The zero-order valence-corrected chi connectivity index (χ0v) is 16.1. The summed E-state index contributed by atoms with van der Waals surface area (Å²) in [5.41, 5.74) is 0.533. The highest BCUT2D eigenvalue weighted by Gasteiger charge is 2.42. The van der Waals surface area contributed by atoms with Crippen LogP contribution in [0.5, 0.6) is 17.2 Å². The van der Waals surface area contributed by atoms with E-state index in [0.717, 1.165) is 12.8 Å². The molecule has 9 nitrogen and oxygen atoms in total. The minimum absolute atomic E-state index is 0.0334. The Labute approximate surface area is 162 Å². The van der Waals surface area contributed by atoms with Gasteiger partial charge >= 0.3 is 5.97 Å². The van der Waals surface area contributed by atoms with Gasteiger partial charge in [0.1, 0.15) is 6.54 Å². The highest BCUT2D eigenvalue weighted by atomic mass is 16.5. The van der Waals surface area contributed by atoms with Crippen molar-refractivity contribution in [2.75, 3.05) is 39.3 Å². The first kappa shape index (κ1) is 19.8. The lowest BCUT2D eigenvalue weighted by molar-refractivity contribution is -0.146. The van der Waals surface area contributed by atoms with E-state index in [4.69, 9.17) is 19.3 Å². The monoisotopic (exact) mass is 392 g/mol. The zero-order chi connectivity index (χ0) is 20.4. The molecule has 1 atom stereocenters. The Morgan fingerprint density at radius 3 is 2.21 bits per heavy atom. The van der Waals surface area contributed by atoms with Crippen LogP contribution in [0.3, 0.4) is 0 Å². The van der Waals surface area contributed by atoms with Gasteiger partial charge in [-0.1, -0.05) is 0 Å². The summed E-state index contributed by atoms with van der Waals surface area (Å²) < 4.78 is 15.9. The number of hydrogen-bond donors (Lipinski definition) is 1. The Balaban J connectivity index is 1.82. The summed E-state index contributed by atoms with van der Waals surface area (Å²) in [4.78, 5) is 39.4. The second-order valence-corrected chi connectivity index (χ2v) is 6.88. The molecule has 28 heavy (non-hydrogen) atoms. The zero-order valence-electron chi connectivity index (χ0n) is 16.1. The van der Waals surface area contributed by atoms with E-state index in [1.54, 1.807) is 12.1 Å². The minimum atomic E-state index is -1.05. The molecule has 0 spiro atoms. The summed E-state index contributed by atoms with van der Waals surface area (Å²) in [6, 6.07) is 3.28. The summed E-state index contributed by atoms with van der Waals surface area (Å²) >= 11 is 0. The van der Waals surface area contributed by atoms with E-state index in [9.17, 15) is 14.4 Å². The van der Waals surface area contributed by atoms with Crippen molar-refractivity contribution in [1.29, 1.82) is 0 Å². The fraction of sp³-hybridized carbons (Fsp3) is 0.526. The number of anilines is 1. The molecule has 2 amide bonds. The van der Waals surface area contributed by atoms with Crippen LogP contribution in [0.4, 0.5) is 5.69 Å². The standard InChI is InChI=1S/C19H24N2O7/c1-26-14-7-13(8-15(27-2)18(14)28-3)20-9-11(6-16(20)22)19(25)21(10-17(23)24)12-4-5-12/h7-8,11-12H,4-6,9-10H2,1-3H3,(H,23,24). The number of nitrogens with zero attached hydrogens (tertiary/aromatic N) is 2. The predicted molar refractivity (Wildman–Crippen MR) is 98.9 cm³/mol. The fourth-order valence-corrected chi connectivity index (χ4v) is 3.50. The smallest absolute Gasteiger partial charge is 0.323 e. The topological polar surface area (TPSA) is 106 Å². The van der Waals surface area contributed by atoms with Crippen molar-refractivity contribution in [2.45, 2.75) is 25.3 Å². The number of hydrogen-bond acceptors (Lipinski definition) is 6. The SMILES string of the molecule is COc1cc(N2CC(C(=O)N(CC(=O)O)C3CC3)CC2=O)cc(OC)c1OC. The van der Waals surface area contributed by atoms with Crippen LogP contribution in [-0.2, 0) is 14.4 Å². The number of carbonyl (C=O) groups excluding carboxylic acids is 2. The number of carbonyl (C=O) groups is 3. The number of aliphatic carboxylic acids is 1. The molecule has 1 aliphatic carbocycles. The molecule has 1 aromatic carbocycles. The summed E-state index contributed by atoms with van der Waals surface area (Å²) in [6.45, 7) is -0.155. The van der Waals surface area contributed by atoms with Gasteiger partial charge in [0.15, 0.2) is 11.5 Å². The summed E-state index contributed by atoms with van der Waals surface area (Å²) in [6.07, 6.45) is 1.64. The lowest BCUT2D eigenvalue weighted by atomic mass is 10.1. The molecule has 2 aliphatic rings. The van der Waals surface area contributed by atoms with Crippen LogP contribution >= 0.6 is 0 Å². The maximum absolute atomic E-state index is 12.8. The molecule has 3 rings (SSSR count). The van der Waals surface area contributed by atoms with E-state index < -0.39 is 11.9 Å². The Morgan fingerprint density at radius 1 is 1.14 bits per heavy atom. The van der Waals surface area contributed by atoms with Crippen LogP contribution in [0.1, 0.15) is 19.3 Å². The average molecular weight is 392 g/mol. The predicted octanol–water partition coefficient (Wildman–Crippen LogP) is 1.14. The van der Waals surface area contributed by atoms with Gasteiger partial charge in [0.05, 0.1) is 32.9 Å². The maximum atomic E-state index is 12.8. The number of ether oxygens (including phenoxy) is 3. The maximum Gasteiger partial charge on any atom is 0.323 e. The molecule has 152 valence electrons. The number of carboxylic acid groups (broad SMARTS) is 1. The van der Waals surface area contributed by atoms with Crippen molar-refractivity contribution < 1.29 is 33.7 Å². The van der Waals surface area contributed by atoms with Gasteiger partial charge in [-0.25, -0.2) is 0 Å². The summed E-state index contributed by atoms with van der Waals surface area (Å²) in [5.74, 6) is -0.895. The van der Waals surface area contributed by atoms with Crippen LogP contribution in [-0.4, -0.2) is 68.3 Å². The van der Waals surface area contributed by atoms with Crippen LogP contribution < -0.4 is 19.1 Å². The minimum Gasteiger partial charge on any atom is -0.493 e. The number of benzene rings is 1. The Bertz CT molecular complexity index is 765. The first-order valence-electron chi connectivity index (χ1n) is 9.02. The van der Waals surface area contributed by atoms with Gasteiger partial charge in [-0.3, -0.25) is 14.4 Å². The van der Waals surface area contributed by atoms with Crippen LogP contribution in [0, 0.1) is 5.92 Å². The molecular weight excluding hydrogens is 368 g/mol. The van der Waals surface area contributed by atoms with Crippen LogP contribution in [0.15, 0.2) is 12.1 Å². The van der Waals surface area contributed by atoms with Gasteiger partial charge in [0.25, 0.3) is 0 Å². The molecule has 1 heterocycles. The van der Waals surface area contributed by atoms with Crippen molar-refractivity contribution in [1.82, 2.24) is 4.90 Å². The number of carboxylic acids is 1. The Kier molecular flexibility index (Phi) is 5.62. The first-order valence-corrected chi connectivity index (χ1v) is 9.02. The van der Waals surface area contributed by atoms with E-state index in [1.807, 2.05) is 0 Å².